The third-order valence-corrected chi connectivity index (χ3v) is 4.37. The van der Waals surface area contributed by atoms with Gasteiger partial charge >= 0.3 is 0 Å². The van der Waals surface area contributed by atoms with E-state index in [9.17, 15) is 8.42 Å². The fraction of sp³-hybridized carbons (Fsp3) is 1.00. The molecule has 0 aromatic heterocycles. The summed E-state index contributed by atoms with van der Waals surface area (Å²) < 4.78 is 22.8. The first kappa shape index (κ1) is 13.2. The molecule has 80 valence electrons. The van der Waals surface area contributed by atoms with E-state index in [0.717, 1.165) is 0 Å². The molecule has 0 saturated carbocycles. The topological polar surface area (TPSA) is 34.1 Å². The zero-order valence-corrected chi connectivity index (χ0v) is 10.8. The Labute approximate surface area is 86.1 Å². The zero-order chi connectivity index (χ0) is 11.1. The van der Waals surface area contributed by atoms with Gasteiger partial charge in [0.15, 0.2) is 0 Å². The second kappa shape index (κ2) is 3.43. The fourth-order valence-corrected chi connectivity index (χ4v) is 5.44. The first-order valence-corrected chi connectivity index (χ1v) is 6.67. The van der Waals surface area contributed by atoms with Crippen LogP contribution in [0.25, 0.3) is 0 Å². The largest absolute Gasteiger partial charge is 0.236 e. The molecule has 0 heterocycles. The molecule has 0 aliphatic heterocycles. The normalized spacial score (nSPS) is 15.1. The molecule has 0 spiro atoms. The van der Waals surface area contributed by atoms with Gasteiger partial charge in [0.05, 0.1) is 5.25 Å². The maximum atomic E-state index is 11.4. The van der Waals surface area contributed by atoms with Gasteiger partial charge in [-0.3, -0.25) is 0 Å². The number of rotatable bonds is 1. The Balaban J connectivity index is 5.28. The van der Waals surface area contributed by atoms with Crippen molar-refractivity contribution >= 4 is 19.7 Å². The van der Waals surface area contributed by atoms with E-state index >= 15 is 0 Å². The lowest BCUT2D eigenvalue weighted by atomic mass is 9.77. The van der Waals surface area contributed by atoms with Gasteiger partial charge in [-0.1, -0.05) is 41.5 Å². The molecule has 0 rings (SSSR count). The summed E-state index contributed by atoms with van der Waals surface area (Å²) >= 11 is 0. The quantitative estimate of drug-likeness (QED) is 0.645. The van der Waals surface area contributed by atoms with Crippen molar-refractivity contribution in [3.63, 3.8) is 0 Å². The summed E-state index contributed by atoms with van der Waals surface area (Å²) in [5, 5.41) is -0.533. The van der Waals surface area contributed by atoms with Gasteiger partial charge in [-0.2, -0.15) is 0 Å². The van der Waals surface area contributed by atoms with Crippen molar-refractivity contribution in [2.45, 2.75) is 46.8 Å². The number of hydrogen-bond donors (Lipinski definition) is 0. The molecule has 0 N–H and O–H groups in total. The van der Waals surface area contributed by atoms with Gasteiger partial charge in [-0.25, -0.2) is 8.42 Å². The molecule has 13 heavy (non-hydrogen) atoms. The SMILES string of the molecule is CC(C)(C)C(C(C)(C)C)S(=O)(=O)Cl. The number of hydrogen-bond acceptors (Lipinski definition) is 2. The van der Waals surface area contributed by atoms with Crippen LogP contribution in [0.15, 0.2) is 0 Å². The average Bonchev–Trinajstić information content (AvgIpc) is 1.44. The summed E-state index contributed by atoms with van der Waals surface area (Å²) in [5.41, 5.74) is -0.669. The Morgan fingerprint density at radius 3 is 1.15 bits per heavy atom. The minimum absolute atomic E-state index is 0.334. The van der Waals surface area contributed by atoms with Crippen LogP contribution in [0.3, 0.4) is 0 Å². The summed E-state index contributed by atoms with van der Waals surface area (Å²) in [6.45, 7) is 11.4. The molecule has 0 aliphatic rings. The van der Waals surface area contributed by atoms with E-state index in [-0.39, 0.29) is 10.8 Å². The van der Waals surface area contributed by atoms with Gasteiger partial charge in [-0.05, 0) is 10.8 Å². The molecular formula is C9H19ClO2S. The first-order valence-electron chi connectivity index (χ1n) is 4.30. The summed E-state index contributed by atoms with van der Waals surface area (Å²) in [5.74, 6) is 0. The van der Waals surface area contributed by atoms with Gasteiger partial charge in [-0.15, -0.1) is 0 Å². The summed E-state index contributed by atoms with van der Waals surface area (Å²) in [6, 6.07) is 0. The first-order chi connectivity index (χ1) is 5.37. The van der Waals surface area contributed by atoms with Crippen molar-refractivity contribution < 1.29 is 8.42 Å². The van der Waals surface area contributed by atoms with Crippen LogP contribution in [-0.2, 0) is 9.05 Å². The average molecular weight is 227 g/mol. The maximum Gasteiger partial charge on any atom is 0.236 e. The highest BCUT2D eigenvalue weighted by molar-refractivity contribution is 8.14. The third kappa shape index (κ3) is 3.86. The molecule has 0 atom stereocenters. The predicted octanol–water partition coefficient (Wildman–Crippen LogP) is 3.02. The van der Waals surface area contributed by atoms with E-state index in [2.05, 4.69) is 0 Å². The summed E-state index contributed by atoms with van der Waals surface area (Å²) in [4.78, 5) is 0. The Morgan fingerprint density at radius 1 is 0.923 bits per heavy atom. The minimum Gasteiger partial charge on any atom is -0.212 e. The molecule has 0 bridgehead atoms. The van der Waals surface area contributed by atoms with E-state index in [1.54, 1.807) is 0 Å². The van der Waals surface area contributed by atoms with Crippen LogP contribution in [0.2, 0.25) is 0 Å². The van der Waals surface area contributed by atoms with Crippen molar-refractivity contribution in [3.05, 3.63) is 0 Å². The molecule has 0 radical (unpaired) electrons. The zero-order valence-electron chi connectivity index (χ0n) is 9.18. The molecular weight excluding hydrogens is 208 g/mol. The summed E-state index contributed by atoms with van der Waals surface area (Å²) in [7, 11) is 1.93. The third-order valence-electron chi connectivity index (χ3n) is 1.85. The summed E-state index contributed by atoms with van der Waals surface area (Å²) in [6.07, 6.45) is 0. The fourth-order valence-electron chi connectivity index (χ4n) is 2.14. The second-order valence-electron chi connectivity index (χ2n) is 5.59. The lowest BCUT2D eigenvalue weighted by molar-refractivity contribution is 0.240. The Hall–Kier alpha value is 0.240. The van der Waals surface area contributed by atoms with Crippen LogP contribution < -0.4 is 0 Å². The van der Waals surface area contributed by atoms with Crippen LogP contribution in [-0.4, -0.2) is 13.7 Å². The number of halogens is 1. The van der Waals surface area contributed by atoms with Crippen molar-refractivity contribution in [1.82, 2.24) is 0 Å². The lowest BCUT2D eigenvalue weighted by Crippen LogP contribution is -2.42. The predicted molar refractivity (Wildman–Crippen MR) is 57.5 cm³/mol. The Kier molecular flexibility index (Phi) is 3.49. The van der Waals surface area contributed by atoms with Gasteiger partial charge in [0.2, 0.25) is 9.05 Å². The van der Waals surface area contributed by atoms with Crippen LogP contribution >= 0.6 is 10.7 Å². The van der Waals surface area contributed by atoms with E-state index in [1.807, 2.05) is 41.5 Å². The molecule has 0 unspecified atom stereocenters. The maximum absolute atomic E-state index is 11.4. The molecule has 2 nitrogen and oxygen atoms in total. The van der Waals surface area contributed by atoms with Gasteiger partial charge in [0.25, 0.3) is 0 Å². The van der Waals surface area contributed by atoms with Crippen molar-refractivity contribution in [3.8, 4) is 0 Å². The highest BCUT2D eigenvalue weighted by Crippen LogP contribution is 2.40. The van der Waals surface area contributed by atoms with E-state index in [4.69, 9.17) is 10.7 Å². The highest BCUT2D eigenvalue weighted by Gasteiger charge is 2.43. The van der Waals surface area contributed by atoms with Crippen LogP contribution in [0, 0.1) is 10.8 Å². The molecule has 0 amide bonds. The molecule has 0 fully saturated rings. The molecule has 0 aliphatic carbocycles. The van der Waals surface area contributed by atoms with Gasteiger partial charge in [0, 0.05) is 10.7 Å². The van der Waals surface area contributed by atoms with Crippen LogP contribution in [0.4, 0.5) is 0 Å². The minimum atomic E-state index is -3.51. The second-order valence-corrected chi connectivity index (χ2v) is 8.30. The van der Waals surface area contributed by atoms with Crippen molar-refractivity contribution in [1.29, 1.82) is 0 Å². The van der Waals surface area contributed by atoms with Crippen LogP contribution in [0.5, 0.6) is 0 Å². The smallest absolute Gasteiger partial charge is 0.212 e. The standard InChI is InChI=1S/C9H19ClO2S/c1-8(2,3)7(9(4,5)6)13(10,11)12/h7H,1-6H3. The molecule has 0 aromatic rings. The van der Waals surface area contributed by atoms with Crippen LogP contribution in [0.1, 0.15) is 41.5 Å². The van der Waals surface area contributed by atoms with E-state index in [0.29, 0.717) is 0 Å². The van der Waals surface area contributed by atoms with E-state index < -0.39 is 14.3 Å². The highest BCUT2D eigenvalue weighted by atomic mass is 35.7. The van der Waals surface area contributed by atoms with Crippen molar-refractivity contribution in [2.24, 2.45) is 10.8 Å². The Bertz CT molecular complexity index is 253. The van der Waals surface area contributed by atoms with Gasteiger partial charge in [0.1, 0.15) is 0 Å². The molecule has 4 heteroatoms. The molecule has 0 saturated heterocycles. The lowest BCUT2D eigenvalue weighted by Gasteiger charge is -2.37. The monoisotopic (exact) mass is 226 g/mol. The van der Waals surface area contributed by atoms with Gasteiger partial charge < -0.3 is 0 Å². The van der Waals surface area contributed by atoms with Crippen molar-refractivity contribution in [2.75, 3.05) is 0 Å². The van der Waals surface area contributed by atoms with E-state index in [1.165, 1.54) is 0 Å². The Morgan fingerprint density at radius 2 is 1.15 bits per heavy atom. The molecule has 0 aromatic carbocycles.